The van der Waals surface area contributed by atoms with E-state index in [4.69, 9.17) is 0 Å². The van der Waals surface area contributed by atoms with Crippen LogP contribution < -0.4 is 5.69 Å². The van der Waals surface area contributed by atoms with Gasteiger partial charge in [-0.1, -0.05) is 36.4 Å². The number of aromatic nitrogens is 2. The van der Waals surface area contributed by atoms with E-state index in [9.17, 15) is 22.8 Å². The van der Waals surface area contributed by atoms with Gasteiger partial charge in [-0.3, -0.25) is 9.36 Å². The molecule has 1 fully saturated rings. The number of fused-ring (bicyclic) bond motifs is 2. The number of carbonyl (C=O) groups excluding carboxylic acids is 1. The van der Waals surface area contributed by atoms with Crippen molar-refractivity contribution in [2.45, 2.75) is 31.5 Å². The lowest BCUT2D eigenvalue weighted by molar-refractivity contribution is -0.137. The van der Waals surface area contributed by atoms with Crippen molar-refractivity contribution >= 4 is 27.7 Å². The van der Waals surface area contributed by atoms with Crippen LogP contribution in [0.2, 0.25) is 0 Å². The average Bonchev–Trinajstić information content (AvgIpc) is 3.13. The molecule has 5 nitrogen and oxygen atoms in total. The Balaban J connectivity index is 1.26. The first-order valence-electron chi connectivity index (χ1n) is 10.9. The van der Waals surface area contributed by atoms with Crippen LogP contribution in [0.5, 0.6) is 0 Å². The number of alkyl halides is 3. The molecular weight excluding hydrogens is 431 g/mol. The number of nitrogens with zero attached hydrogens (tertiary/aromatic N) is 2. The lowest BCUT2D eigenvalue weighted by atomic mass is 10.0. The van der Waals surface area contributed by atoms with Crippen molar-refractivity contribution in [1.82, 2.24) is 14.5 Å². The molecule has 1 N–H and O–H groups in total. The van der Waals surface area contributed by atoms with Crippen molar-refractivity contribution in [3.63, 3.8) is 0 Å². The van der Waals surface area contributed by atoms with Gasteiger partial charge in [0, 0.05) is 19.1 Å². The Kier molecular flexibility index (Phi) is 5.23. The summed E-state index contributed by atoms with van der Waals surface area (Å²) in [4.78, 5) is 30.0. The Bertz CT molecular complexity index is 1400. The van der Waals surface area contributed by atoms with E-state index >= 15 is 0 Å². The molecule has 0 atom stereocenters. The third kappa shape index (κ3) is 4.13. The van der Waals surface area contributed by atoms with Crippen LogP contribution in [0.25, 0.3) is 21.8 Å². The summed E-state index contributed by atoms with van der Waals surface area (Å²) in [5.41, 5.74) is 1.63. The predicted octanol–water partition coefficient (Wildman–Crippen LogP) is 4.91. The highest BCUT2D eigenvalue weighted by Gasteiger charge is 2.30. The van der Waals surface area contributed by atoms with Gasteiger partial charge in [-0.05, 0) is 53.4 Å². The van der Waals surface area contributed by atoms with E-state index in [1.54, 1.807) is 27.7 Å². The minimum atomic E-state index is -4.38. The molecule has 0 spiro atoms. The largest absolute Gasteiger partial charge is 0.416 e. The minimum absolute atomic E-state index is 0.0222. The molecule has 0 unspecified atom stereocenters. The van der Waals surface area contributed by atoms with E-state index in [2.05, 4.69) is 4.98 Å². The van der Waals surface area contributed by atoms with Gasteiger partial charge in [0.05, 0.1) is 23.0 Å². The second-order valence-electron chi connectivity index (χ2n) is 8.50. The topological polar surface area (TPSA) is 58.1 Å². The quantitative estimate of drug-likeness (QED) is 0.479. The van der Waals surface area contributed by atoms with E-state index in [-0.39, 0.29) is 24.1 Å². The van der Waals surface area contributed by atoms with Crippen molar-refractivity contribution in [3.8, 4) is 0 Å². The van der Waals surface area contributed by atoms with Crippen LogP contribution in [-0.4, -0.2) is 33.4 Å². The van der Waals surface area contributed by atoms with E-state index in [0.717, 1.165) is 28.7 Å². The molecule has 33 heavy (non-hydrogen) atoms. The summed E-state index contributed by atoms with van der Waals surface area (Å²) in [5, 5.41) is 1.16. The summed E-state index contributed by atoms with van der Waals surface area (Å²) < 4.78 is 40.5. The van der Waals surface area contributed by atoms with Crippen LogP contribution in [0, 0.1) is 0 Å². The Labute approximate surface area is 187 Å². The maximum Gasteiger partial charge on any atom is 0.416 e. The molecule has 4 aromatic rings. The number of H-pyrrole nitrogens is 1. The number of amides is 1. The van der Waals surface area contributed by atoms with Crippen LogP contribution in [0.3, 0.4) is 0 Å². The summed E-state index contributed by atoms with van der Waals surface area (Å²) in [6, 6.07) is 16.3. The summed E-state index contributed by atoms with van der Waals surface area (Å²) in [6.45, 7) is 1.11. The minimum Gasteiger partial charge on any atom is -0.342 e. The molecular formula is C25H22F3N3O2. The number of piperidine rings is 1. The average molecular weight is 453 g/mol. The molecule has 1 saturated heterocycles. The highest BCUT2D eigenvalue weighted by Crippen LogP contribution is 2.32. The maximum absolute atomic E-state index is 12.9. The normalized spacial score (nSPS) is 15.4. The van der Waals surface area contributed by atoms with Crippen LogP contribution in [0.4, 0.5) is 13.2 Å². The Hall–Kier alpha value is -3.55. The third-order valence-corrected chi connectivity index (χ3v) is 6.39. The first-order chi connectivity index (χ1) is 15.8. The van der Waals surface area contributed by atoms with Crippen molar-refractivity contribution in [1.29, 1.82) is 0 Å². The molecule has 1 aliphatic heterocycles. The number of imidazole rings is 1. The SMILES string of the molecule is O=C(Cc1ccc2cc(C(F)(F)F)ccc2c1)N1CCC(n2c(=O)[nH]c3ccccc32)CC1. The number of carbonyl (C=O) groups is 1. The van der Waals surface area contributed by atoms with E-state index in [0.29, 0.717) is 36.7 Å². The first kappa shape index (κ1) is 21.3. The smallest absolute Gasteiger partial charge is 0.342 e. The second-order valence-corrected chi connectivity index (χ2v) is 8.50. The summed E-state index contributed by atoms with van der Waals surface area (Å²) in [7, 11) is 0. The predicted molar refractivity (Wildman–Crippen MR) is 120 cm³/mol. The summed E-state index contributed by atoms with van der Waals surface area (Å²) >= 11 is 0. The van der Waals surface area contributed by atoms with Crippen molar-refractivity contribution < 1.29 is 18.0 Å². The molecule has 0 bridgehead atoms. The molecule has 0 saturated carbocycles. The number of para-hydroxylation sites is 2. The number of benzene rings is 3. The van der Waals surface area contributed by atoms with Gasteiger partial charge in [0.1, 0.15) is 0 Å². The second kappa shape index (κ2) is 8.10. The molecule has 2 heterocycles. The van der Waals surface area contributed by atoms with Gasteiger partial charge in [0.15, 0.2) is 0 Å². The zero-order valence-electron chi connectivity index (χ0n) is 17.7. The molecule has 1 aromatic heterocycles. The first-order valence-corrected chi connectivity index (χ1v) is 10.9. The van der Waals surface area contributed by atoms with Crippen LogP contribution in [-0.2, 0) is 17.4 Å². The zero-order chi connectivity index (χ0) is 23.2. The maximum atomic E-state index is 12.9. The Morgan fingerprint density at radius 1 is 0.970 bits per heavy atom. The van der Waals surface area contributed by atoms with Crippen LogP contribution >= 0.6 is 0 Å². The fraction of sp³-hybridized carbons (Fsp3) is 0.280. The van der Waals surface area contributed by atoms with E-state index in [1.807, 2.05) is 24.3 Å². The summed E-state index contributed by atoms with van der Waals surface area (Å²) in [5.74, 6) is -0.0222. The van der Waals surface area contributed by atoms with Gasteiger partial charge in [-0.25, -0.2) is 4.79 Å². The number of hydrogen-bond acceptors (Lipinski definition) is 2. The molecule has 170 valence electrons. The van der Waals surface area contributed by atoms with Gasteiger partial charge in [0.2, 0.25) is 5.91 Å². The Morgan fingerprint density at radius 2 is 1.67 bits per heavy atom. The van der Waals surface area contributed by atoms with Crippen LogP contribution in [0.15, 0.2) is 65.5 Å². The van der Waals surface area contributed by atoms with Gasteiger partial charge in [0.25, 0.3) is 0 Å². The molecule has 1 amide bonds. The van der Waals surface area contributed by atoms with Crippen LogP contribution in [0.1, 0.15) is 30.0 Å². The Morgan fingerprint density at radius 3 is 2.42 bits per heavy atom. The number of likely N-dealkylation sites (tertiary alicyclic amines) is 1. The van der Waals surface area contributed by atoms with E-state index < -0.39 is 11.7 Å². The van der Waals surface area contributed by atoms with E-state index in [1.165, 1.54) is 6.07 Å². The lowest BCUT2D eigenvalue weighted by Gasteiger charge is -2.32. The molecule has 0 aliphatic carbocycles. The fourth-order valence-electron chi connectivity index (χ4n) is 4.68. The van der Waals surface area contributed by atoms with Gasteiger partial charge in [-0.15, -0.1) is 0 Å². The third-order valence-electron chi connectivity index (χ3n) is 6.39. The molecule has 8 heteroatoms. The number of rotatable bonds is 3. The molecule has 5 rings (SSSR count). The van der Waals surface area contributed by atoms with Crippen molar-refractivity contribution in [2.24, 2.45) is 0 Å². The molecule has 1 aliphatic rings. The number of aromatic amines is 1. The highest BCUT2D eigenvalue weighted by molar-refractivity contribution is 5.86. The van der Waals surface area contributed by atoms with Gasteiger partial charge in [-0.2, -0.15) is 13.2 Å². The van der Waals surface area contributed by atoms with Crippen molar-refractivity contribution in [3.05, 3.63) is 82.3 Å². The van der Waals surface area contributed by atoms with Gasteiger partial charge >= 0.3 is 11.9 Å². The molecule has 3 aromatic carbocycles. The summed E-state index contributed by atoms with van der Waals surface area (Å²) in [6.07, 6.45) is -2.82. The number of nitrogens with one attached hydrogen (secondary N) is 1. The molecule has 0 radical (unpaired) electrons. The highest BCUT2D eigenvalue weighted by atomic mass is 19.4. The van der Waals surface area contributed by atoms with Crippen molar-refractivity contribution in [2.75, 3.05) is 13.1 Å². The zero-order valence-corrected chi connectivity index (χ0v) is 17.7. The monoisotopic (exact) mass is 453 g/mol. The number of hydrogen-bond donors (Lipinski definition) is 1. The lowest BCUT2D eigenvalue weighted by Crippen LogP contribution is -2.41. The fourth-order valence-corrected chi connectivity index (χ4v) is 4.68. The number of halogens is 3. The standard InChI is InChI=1S/C25H22F3N3O2/c26-25(27,28)19-8-7-17-13-16(5-6-18(17)15-19)14-23(32)30-11-9-20(10-12-30)31-22-4-2-1-3-21(22)29-24(31)33/h1-8,13,15,20H,9-12,14H2,(H,29,33). The van der Waals surface area contributed by atoms with Gasteiger partial charge < -0.3 is 9.88 Å².